The van der Waals surface area contributed by atoms with Gasteiger partial charge in [-0.25, -0.2) is 4.79 Å². The topological polar surface area (TPSA) is 58.6 Å². The number of carbonyl (C=O) groups excluding carboxylic acids is 2. The van der Waals surface area contributed by atoms with Crippen LogP contribution in [0.5, 0.6) is 0 Å². The number of ether oxygens (including phenoxy) is 1. The summed E-state index contributed by atoms with van der Waals surface area (Å²) in [6, 6.07) is 5.13. The number of carbonyl (C=O) groups is 2. The van der Waals surface area contributed by atoms with Gasteiger partial charge in [0.15, 0.2) is 0 Å². The van der Waals surface area contributed by atoms with Crippen LogP contribution in [0.4, 0.5) is 18.0 Å². The maximum Gasteiger partial charge on any atom is 0.416 e. The Kier molecular flexibility index (Phi) is 7.09. The zero-order valence-corrected chi connectivity index (χ0v) is 17.5. The van der Waals surface area contributed by atoms with Gasteiger partial charge in [0, 0.05) is 25.0 Å². The second-order valence-corrected chi connectivity index (χ2v) is 8.50. The molecule has 0 atom stereocenters. The third-order valence-electron chi connectivity index (χ3n) is 4.96. The number of benzene rings is 1. The zero-order valence-electron chi connectivity index (χ0n) is 16.7. The highest BCUT2D eigenvalue weighted by molar-refractivity contribution is 6.27. The van der Waals surface area contributed by atoms with Crippen molar-refractivity contribution in [2.45, 2.75) is 50.8 Å². The molecule has 1 aliphatic heterocycles. The van der Waals surface area contributed by atoms with E-state index in [0.717, 1.165) is 12.1 Å². The van der Waals surface area contributed by atoms with E-state index in [2.05, 4.69) is 5.32 Å². The number of likely N-dealkylation sites (tertiary alicyclic amines) is 1. The Hall–Kier alpha value is -1.96. The molecule has 1 aromatic rings. The highest BCUT2D eigenvalue weighted by Gasteiger charge is 2.40. The van der Waals surface area contributed by atoms with Crippen LogP contribution in [-0.4, -0.2) is 48.0 Å². The maximum absolute atomic E-state index is 13.2. The van der Waals surface area contributed by atoms with Crippen molar-refractivity contribution in [3.63, 3.8) is 0 Å². The minimum atomic E-state index is -4.47. The first-order valence-corrected chi connectivity index (χ1v) is 9.88. The molecule has 0 saturated carbocycles. The summed E-state index contributed by atoms with van der Waals surface area (Å²) in [5.41, 5.74) is -1.71. The summed E-state index contributed by atoms with van der Waals surface area (Å²) in [4.78, 5) is 25.6. The molecule has 1 saturated heterocycles. The number of alkyl carbamates (subject to hydrolysis) is 1. The van der Waals surface area contributed by atoms with Crippen LogP contribution >= 0.6 is 11.6 Å². The smallest absolute Gasteiger partial charge is 0.416 e. The van der Waals surface area contributed by atoms with Gasteiger partial charge in [0.25, 0.3) is 0 Å². The Balaban J connectivity index is 2.27. The Morgan fingerprint density at radius 1 is 1.21 bits per heavy atom. The third kappa shape index (κ3) is 6.26. The van der Waals surface area contributed by atoms with Gasteiger partial charge in [-0.3, -0.25) is 4.79 Å². The molecule has 0 bridgehead atoms. The number of amides is 2. The standard InChI is InChI=1S/C20H26ClF3N2O3/c1-18(2,3)29-17(28)25-13-19(7-9-26(10-8-19)16(27)12-21)14-5-4-6-15(11-14)20(22,23)24/h4-6,11H,7-10,12-13H2,1-3H3,(H,25,28). The number of alkyl halides is 4. The Morgan fingerprint density at radius 3 is 2.34 bits per heavy atom. The first-order chi connectivity index (χ1) is 13.4. The zero-order chi connectivity index (χ0) is 21.9. The van der Waals surface area contributed by atoms with Crippen molar-refractivity contribution in [1.29, 1.82) is 0 Å². The van der Waals surface area contributed by atoms with Crippen LogP contribution < -0.4 is 5.32 Å². The van der Waals surface area contributed by atoms with Crippen molar-refractivity contribution < 1.29 is 27.5 Å². The summed E-state index contributed by atoms with van der Waals surface area (Å²) in [6.07, 6.45) is -4.31. The van der Waals surface area contributed by atoms with Crippen molar-refractivity contribution in [3.8, 4) is 0 Å². The molecular formula is C20H26ClF3N2O3. The number of hydrogen-bond donors (Lipinski definition) is 1. The largest absolute Gasteiger partial charge is 0.444 e. The van der Waals surface area contributed by atoms with E-state index in [1.807, 2.05) is 0 Å². The second kappa shape index (κ2) is 8.81. The number of rotatable bonds is 4. The number of nitrogens with one attached hydrogen (secondary N) is 1. The predicted octanol–water partition coefficient (Wildman–Crippen LogP) is 4.33. The van der Waals surface area contributed by atoms with Crippen LogP contribution in [0.2, 0.25) is 0 Å². The molecule has 5 nitrogen and oxygen atoms in total. The van der Waals surface area contributed by atoms with Crippen molar-refractivity contribution in [2.24, 2.45) is 0 Å². The van der Waals surface area contributed by atoms with Gasteiger partial charge in [0.1, 0.15) is 11.5 Å². The van der Waals surface area contributed by atoms with E-state index in [9.17, 15) is 22.8 Å². The highest BCUT2D eigenvalue weighted by Crippen LogP contribution is 2.38. The van der Waals surface area contributed by atoms with Crippen LogP contribution in [0, 0.1) is 0 Å². The fourth-order valence-corrected chi connectivity index (χ4v) is 3.59. The molecular weight excluding hydrogens is 409 g/mol. The van der Waals surface area contributed by atoms with Crippen molar-refractivity contribution in [2.75, 3.05) is 25.5 Å². The lowest BCUT2D eigenvalue weighted by molar-refractivity contribution is -0.137. The van der Waals surface area contributed by atoms with E-state index < -0.39 is 28.8 Å². The Morgan fingerprint density at radius 2 is 1.83 bits per heavy atom. The van der Waals surface area contributed by atoms with E-state index in [4.69, 9.17) is 16.3 Å². The monoisotopic (exact) mass is 434 g/mol. The number of piperidine rings is 1. The van der Waals surface area contributed by atoms with E-state index in [-0.39, 0.29) is 18.3 Å². The first kappa shape index (κ1) is 23.3. The first-order valence-electron chi connectivity index (χ1n) is 9.35. The number of halogens is 4. The van der Waals surface area contributed by atoms with Crippen molar-refractivity contribution in [3.05, 3.63) is 35.4 Å². The average molecular weight is 435 g/mol. The molecule has 9 heteroatoms. The van der Waals surface area contributed by atoms with Crippen LogP contribution in [-0.2, 0) is 21.1 Å². The second-order valence-electron chi connectivity index (χ2n) is 8.23. The lowest BCUT2D eigenvalue weighted by Gasteiger charge is -2.42. The van der Waals surface area contributed by atoms with Gasteiger partial charge in [-0.05, 0) is 45.2 Å². The molecule has 162 valence electrons. The predicted molar refractivity (Wildman–Crippen MR) is 104 cm³/mol. The van der Waals surface area contributed by atoms with Gasteiger partial charge >= 0.3 is 12.3 Å². The van der Waals surface area contributed by atoms with Crippen LogP contribution in [0.15, 0.2) is 24.3 Å². The van der Waals surface area contributed by atoms with E-state index in [1.165, 1.54) is 6.07 Å². The summed E-state index contributed by atoms with van der Waals surface area (Å²) in [5, 5.41) is 2.69. The molecule has 1 aliphatic rings. The summed E-state index contributed by atoms with van der Waals surface area (Å²) in [6.45, 7) is 5.98. The lowest BCUT2D eigenvalue weighted by Crippen LogP contribution is -2.51. The van der Waals surface area contributed by atoms with Crippen LogP contribution in [0.1, 0.15) is 44.7 Å². The minimum Gasteiger partial charge on any atom is -0.444 e. The lowest BCUT2D eigenvalue weighted by atomic mass is 9.72. The molecule has 0 aromatic heterocycles. The molecule has 1 aromatic carbocycles. The van der Waals surface area contributed by atoms with E-state index in [0.29, 0.717) is 31.5 Å². The van der Waals surface area contributed by atoms with Gasteiger partial charge in [-0.2, -0.15) is 13.2 Å². The fourth-order valence-electron chi connectivity index (χ4n) is 3.42. The summed E-state index contributed by atoms with van der Waals surface area (Å²) >= 11 is 5.62. The normalized spacial score (nSPS) is 17.0. The molecule has 2 amide bonds. The molecule has 1 fully saturated rings. The Labute approximate surface area is 173 Å². The number of nitrogens with zero attached hydrogens (tertiary/aromatic N) is 1. The molecule has 0 unspecified atom stereocenters. The van der Waals surface area contributed by atoms with Gasteiger partial charge in [-0.15, -0.1) is 11.6 Å². The molecule has 1 N–H and O–H groups in total. The van der Waals surface area contributed by atoms with Gasteiger partial charge in [0.2, 0.25) is 5.91 Å². The number of hydrogen-bond acceptors (Lipinski definition) is 3. The average Bonchev–Trinajstić information content (AvgIpc) is 2.64. The van der Waals surface area contributed by atoms with E-state index in [1.54, 1.807) is 31.7 Å². The molecule has 0 radical (unpaired) electrons. The summed E-state index contributed by atoms with van der Waals surface area (Å²) in [7, 11) is 0. The summed E-state index contributed by atoms with van der Waals surface area (Å²) < 4.78 is 44.9. The van der Waals surface area contributed by atoms with Gasteiger partial charge < -0.3 is 15.0 Å². The fraction of sp³-hybridized carbons (Fsp3) is 0.600. The van der Waals surface area contributed by atoms with Gasteiger partial charge in [-0.1, -0.05) is 18.2 Å². The quantitative estimate of drug-likeness (QED) is 0.717. The Bertz CT molecular complexity index is 739. The SMILES string of the molecule is CC(C)(C)OC(=O)NCC1(c2cccc(C(F)(F)F)c2)CCN(C(=O)CCl)CC1. The van der Waals surface area contributed by atoms with Crippen molar-refractivity contribution >= 4 is 23.6 Å². The molecule has 2 rings (SSSR count). The minimum absolute atomic E-state index is 0.103. The van der Waals surface area contributed by atoms with Crippen molar-refractivity contribution in [1.82, 2.24) is 10.2 Å². The molecule has 1 heterocycles. The molecule has 0 aliphatic carbocycles. The highest BCUT2D eigenvalue weighted by atomic mass is 35.5. The summed E-state index contributed by atoms with van der Waals surface area (Å²) in [5.74, 6) is -0.364. The maximum atomic E-state index is 13.2. The molecule has 29 heavy (non-hydrogen) atoms. The van der Waals surface area contributed by atoms with Crippen LogP contribution in [0.25, 0.3) is 0 Å². The van der Waals surface area contributed by atoms with Gasteiger partial charge in [0.05, 0.1) is 5.56 Å². The molecule has 0 spiro atoms. The van der Waals surface area contributed by atoms with Crippen LogP contribution in [0.3, 0.4) is 0 Å². The van der Waals surface area contributed by atoms with E-state index >= 15 is 0 Å². The third-order valence-corrected chi connectivity index (χ3v) is 5.19.